The maximum Gasteiger partial charge on any atom is 0.293 e. The normalized spacial score (nSPS) is 10.5. The maximum absolute atomic E-state index is 11.3. The Hall–Kier alpha value is -2.93. The van der Waals surface area contributed by atoms with Gasteiger partial charge in [-0.25, -0.2) is 0 Å². The fourth-order valence-electron chi connectivity index (χ4n) is 2.33. The topological polar surface area (TPSA) is 81.1 Å². The Morgan fingerprint density at radius 2 is 1.87 bits per heavy atom. The van der Waals surface area contributed by atoms with E-state index in [9.17, 15) is 10.1 Å². The Kier molecular flexibility index (Phi) is 3.94. The first-order valence-electron chi connectivity index (χ1n) is 6.75. The molecule has 2 aromatic carbocycles. The molecule has 0 spiro atoms. The highest BCUT2D eigenvalue weighted by Crippen LogP contribution is 2.29. The molecular formula is C16H13N3O3S. The minimum Gasteiger partial charge on any atom is -0.497 e. The number of thiazole rings is 1. The van der Waals surface area contributed by atoms with E-state index in [0.717, 1.165) is 17.0 Å². The molecule has 0 bridgehead atoms. The van der Waals surface area contributed by atoms with Crippen LogP contribution in [0, 0.1) is 15.5 Å². The Labute approximate surface area is 135 Å². The molecule has 3 aromatic rings. The van der Waals surface area contributed by atoms with Crippen LogP contribution in [0.25, 0.3) is 16.9 Å². The van der Waals surface area contributed by atoms with Crippen LogP contribution in [-0.2, 0) is 0 Å². The number of benzene rings is 2. The van der Waals surface area contributed by atoms with Crippen LogP contribution in [0.3, 0.4) is 0 Å². The average molecular weight is 327 g/mol. The SMILES string of the molecule is COc1ccc(-c2csc(=N)n2-c2ccccc2[N+](=O)[O-])cc1. The van der Waals surface area contributed by atoms with E-state index in [0.29, 0.717) is 5.69 Å². The second kappa shape index (κ2) is 6.05. The number of para-hydroxylation sites is 2. The summed E-state index contributed by atoms with van der Waals surface area (Å²) < 4.78 is 6.73. The van der Waals surface area contributed by atoms with Gasteiger partial charge in [0.25, 0.3) is 5.69 Å². The van der Waals surface area contributed by atoms with Crippen molar-refractivity contribution in [3.05, 3.63) is 68.8 Å². The zero-order chi connectivity index (χ0) is 16.4. The van der Waals surface area contributed by atoms with Gasteiger partial charge in [0.2, 0.25) is 0 Å². The number of nitrogens with zero attached hydrogens (tertiary/aromatic N) is 2. The lowest BCUT2D eigenvalue weighted by Gasteiger charge is -2.09. The number of hydrogen-bond donors (Lipinski definition) is 1. The molecule has 0 saturated heterocycles. The molecule has 1 heterocycles. The Balaban J connectivity index is 2.20. The molecule has 0 fully saturated rings. The van der Waals surface area contributed by atoms with Gasteiger partial charge < -0.3 is 4.74 Å². The predicted octanol–water partition coefficient (Wildman–Crippen LogP) is 3.60. The number of hydrogen-bond acceptors (Lipinski definition) is 5. The van der Waals surface area contributed by atoms with E-state index >= 15 is 0 Å². The summed E-state index contributed by atoms with van der Waals surface area (Å²) in [6.45, 7) is 0. The van der Waals surface area contributed by atoms with Crippen LogP contribution in [-0.4, -0.2) is 16.6 Å². The minimum atomic E-state index is -0.433. The van der Waals surface area contributed by atoms with Crippen molar-refractivity contribution in [3.63, 3.8) is 0 Å². The minimum absolute atomic E-state index is 0.0286. The summed E-state index contributed by atoms with van der Waals surface area (Å²) in [5.41, 5.74) is 1.95. The Bertz CT molecular complexity index is 913. The molecule has 0 radical (unpaired) electrons. The van der Waals surface area contributed by atoms with Crippen molar-refractivity contribution in [2.75, 3.05) is 7.11 Å². The molecule has 0 aliphatic carbocycles. The summed E-state index contributed by atoms with van der Waals surface area (Å²) in [6.07, 6.45) is 0. The quantitative estimate of drug-likeness (QED) is 0.587. The molecule has 6 nitrogen and oxygen atoms in total. The van der Waals surface area contributed by atoms with E-state index in [2.05, 4.69) is 0 Å². The van der Waals surface area contributed by atoms with Crippen molar-refractivity contribution >= 4 is 17.0 Å². The lowest BCUT2D eigenvalue weighted by atomic mass is 10.1. The van der Waals surface area contributed by atoms with Crippen LogP contribution >= 0.6 is 11.3 Å². The van der Waals surface area contributed by atoms with E-state index < -0.39 is 4.92 Å². The molecule has 0 atom stereocenters. The lowest BCUT2D eigenvalue weighted by Crippen LogP contribution is -2.13. The first-order chi connectivity index (χ1) is 11.1. The average Bonchev–Trinajstić information content (AvgIpc) is 2.96. The van der Waals surface area contributed by atoms with Crippen LogP contribution < -0.4 is 9.54 Å². The molecule has 116 valence electrons. The number of aromatic nitrogens is 1. The third-order valence-corrected chi connectivity index (χ3v) is 4.18. The molecule has 0 amide bonds. The number of nitro benzene ring substituents is 1. The van der Waals surface area contributed by atoms with Crippen molar-refractivity contribution in [2.24, 2.45) is 0 Å². The largest absolute Gasteiger partial charge is 0.497 e. The number of methoxy groups -OCH3 is 1. The van der Waals surface area contributed by atoms with Gasteiger partial charge >= 0.3 is 0 Å². The van der Waals surface area contributed by atoms with Crippen molar-refractivity contribution in [3.8, 4) is 22.7 Å². The van der Waals surface area contributed by atoms with E-state index in [1.807, 2.05) is 29.6 Å². The van der Waals surface area contributed by atoms with E-state index in [1.165, 1.54) is 17.4 Å². The summed E-state index contributed by atoms with van der Waals surface area (Å²) in [5.74, 6) is 0.729. The van der Waals surface area contributed by atoms with Crippen LogP contribution in [0.15, 0.2) is 53.9 Å². The molecule has 1 aromatic heterocycles. The number of ether oxygens (including phenoxy) is 1. The molecule has 0 unspecified atom stereocenters. The van der Waals surface area contributed by atoms with Crippen molar-refractivity contribution in [1.29, 1.82) is 5.41 Å². The van der Waals surface area contributed by atoms with E-state index in [1.54, 1.807) is 29.9 Å². The Morgan fingerprint density at radius 3 is 2.52 bits per heavy atom. The monoisotopic (exact) mass is 327 g/mol. The van der Waals surface area contributed by atoms with Crippen LogP contribution in [0.2, 0.25) is 0 Å². The molecule has 0 aliphatic rings. The highest BCUT2D eigenvalue weighted by molar-refractivity contribution is 7.07. The van der Waals surface area contributed by atoms with Gasteiger partial charge in [-0.15, -0.1) is 11.3 Å². The zero-order valence-corrected chi connectivity index (χ0v) is 13.0. The highest BCUT2D eigenvalue weighted by Gasteiger charge is 2.18. The second-order valence-corrected chi connectivity index (χ2v) is 5.59. The van der Waals surface area contributed by atoms with Gasteiger partial charge in [-0.3, -0.25) is 20.1 Å². The lowest BCUT2D eigenvalue weighted by molar-refractivity contribution is -0.384. The molecule has 0 saturated carbocycles. The molecular weight excluding hydrogens is 314 g/mol. The molecule has 1 N–H and O–H groups in total. The predicted molar refractivity (Wildman–Crippen MR) is 88.1 cm³/mol. The van der Waals surface area contributed by atoms with Gasteiger partial charge in [-0.05, 0) is 35.9 Å². The van der Waals surface area contributed by atoms with Gasteiger partial charge in [-0.2, -0.15) is 0 Å². The first-order valence-corrected chi connectivity index (χ1v) is 7.63. The Morgan fingerprint density at radius 1 is 1.17 bits per heavy atom. The smallest absolute Gasteiger partial charge is 0.293 e. The number of rotatable bonds is 4. The van der Waals surface area contributed by atoms with Gasteiger partial charge in [0.15, 0.2) is 4.80 Å². The number of nitrogens with one attached hydrogen (secondary N) is 1. The van der Waals surface area contributed by atoms with Gasteiger partial charge in [0.1, 0.15) is 11.4 Å². The fourth-order valence-corrected chi connectivity index (χ4v) is 3.10. The van der Waals surface area contributed by atoms with E-state index in [4.69, 9.17) is 10.1 Å². The molecule has 3 rings (SSSR count). The van der Waals surface area contributed by atoms with Crippen molar-refractivity contribution in [1.82, 2.24) is 4.57 Å². The van der Waals surface area contributed by atoms with Crippen LogP contribution in [0.5, 0.6) is 5.75 Å². The van der Waals surface area contributed by atoms with Crippen molar-refractivity contribution in [2.45, 2.75) is 0 Å². The third-order valence-electron chi connectivity index (χ3n) is 3.43. The first kappa shape index (κ1) is 15.0. The third kappa shape index (κ3) is 2.74. The molecule has 0 aliphatic heterocycles. The van der Waals surface area contributed by atoms with Crippen molar-refractivity contribution < 1.29 is 9.66 Å². The summed E-state index contributed by atoms with van der Waals surface area (Å²) in [7, 11) is 1.59. The highest BCUT2D eigenvalue weighted by atomic mass is 32.1. The van der Waals surface area contributed by atoms with E-state index in [-0.39, 0.29) is 10.5 Å². The summed E-state index contributed by atoms with van der Waals surface area (Å²) in [4.78, 5) is 11.1. The van der Waals surface area contributed by atoms with Gasteiger partial charge in [0, 0.05) is 11.4 Å². The summed E-state index contributed by atoms with van der Waals surface area (Å²) >= 11 is 1.23. The second-order valence-electron chi connectivity index (χ2n) is 4.74. The van der Waals surface area contributed by atoms with Gasteiger partial charge in [-0.1, -0.05) is 12.1 Å². The summed E-state index contributed by atoms with van der Waals surface area (Å²) in [6, 6.07) is 13.8. The fraction of sp³-hybridized carbons (Fsp3) is 0.0625. The van der Waals surface area contributed by atoms with Crippen LogP contribution in [0.4, 0.5) is 5.69 Å². The summed E-state index contributed by atoms with van der Waals surface area (Å²) in [5, 5.41) is 21.2. The maximum atomic E-state index is 11.3. The van der Waals surface area contributed by atoms with Gasteiger partial charge in [0.05, 0.1) is 17.7 Å². The molecule has 23 heavy (non-hydrogen) atoms. The zero-order valence-electron chi connectivity index (χ0n) is 12.2. The number of nitro groups is 1. The molecule has 7 heteroatoms. The standard InChI is InChI=1S/C16H13N3O3S/c1-22-12-8-6-11(7-9-12)15-10-23-16(17)18(15)13-4-2-3-5-14(13)19(20)21/h2-10,17H,1H3. The van der Waals surface area contributed by atoms with Crippen LogP contribution in [0.1, 0.15) is 0 Å².